The number of methoxy groups -OCH3 is 2. The van der Waals surface area contributed by atoms with Gasteiger partial charge in [0.1, 0.15) is 25.7 Å². The molecule has 0 unspecified atom stereocenters. The average Bonchev–Trinajstić information content (AvgIpc) is 3.26. The van der Waals surface area contributed by atoms with E-state index < -0.39 is 12.0 Å². The van der Waals surface area contributed by atoms with Crippen molar-refractivity contribution in [3.63, 3.8) is 0 Å². The number of pyridine rings is 1. The third kappa shape index (κ3) is 5.70. The van der Waals surface area contributed by atoms with E-state index in [-0.39, 0.29) is 25.8 Å². The first-order valence-corrected chi connectivity index (χ1v) is 9.42. The van der Waals surface area contributed by atoms with E-state index in [1.54, 1.807) is 42.6 Å². The summed E-state index contributed by atoms with van der Waals surface area (Å²) in [5.74, 6) is 0.898. The van der Waals surface area contributed by atoms with Gasteiger partial charge in [-0.25, -0.2) is 19.4 Å². The van der Waals surface area contributed by atoms with Gasteiger partial charge in [-0.3, -0.25) is 4.79 Å². The maximum Gasteiger partial charge on any atom is 0.404 e. The summed E-state index contributed by atoms with van der Waals surface area (Å²) in [5, 5.41) is 6.89. The summed E-state index contributed by atoms with van der Waals surface area (Å²) in [6.45, 7) is 0.216. The summed E-state index contributed by atoms with van der Waals surface area (Å²) >= 11 is 0. The number of carbonyl (C=O) groups excluding carboxylic acids is 2. The molecule has 3 N–H and O–H groups in total. The fourth-order valence-electron chi connectivity index (χ4n) is 2.61. The van der Waals surface area contributed by atoms with Crippen LogP contribution in [0.3, 0.4) is 0 Å². The zero-order valence-corrected chi connectivity index (χ0v) is 17.5. The summed E-state index contributed by atoms with van der Waals surface area (Å²) in [5.41, 5.74) is 6.17. The molecule has 2 heterocycles. The van der Waals surface area contributed by atoms with Crippen LogP contribution in [0.5, 0.6) is 11.6 Å². The maximum absolute atomic E-state index is 12.4. The lowest BCUT2D eigenvalue weighted by Crippen LogP contribution is -2.26. The van der Waals surface area contributed by atoms with Crippen LogP contribution >= 0.6 is 0 Å². The second-order valence-electron chi connectivity index (χ2n) is 6.21. The van der Waals surface area contributed by atoms with Crippen LogP contribution in [-0.2, 0) is 9.47 Å². The van der Waals surface area contributed by atoms with Gasteiger partial charge in [0.05, 0.1) is 19.0 Å². The Balaban J connectivity index is 1.86. The highest BCUT2D eigenvalue weighted by molar-refractivity contribution is 5.90. The lowest BCUT2D eigenvalue weighted by molar-refractivity contribution is 0.0861. The Morgan fingerprint density at radius 1 is 1.09 bits per heavy atom. The van der Waals surface area contributed by atoms with Crippen molar-refractivity contribution in [1.29, 1.82) is 0 Å². The van der Waals surface area contributed by atoms with Gasteiger partial charge in [0.2, 0.25) is 11.7 Å². The number of nitrogens with one attached hydrogen (secondary N) is 1. The van der Waals surface area contributed by atoms with Crippen molar-refractivity contribution in [3.05, 3.63) is 48.4 Å². The molecular formula is C20H22N6O6. The molecule has 0 aliphatic carbocycles. The number of hydrogen-bond donors (Lipinski definition) is 2. The Hall–Kier alpha value is -4.19. The van der Waals surface area contributed by atoms with Gasteiger partial charge in [-0.15, -0.1) is 5.10 Å². The molecule has 0 atom stereocenters. The first kappa shape index (κ1) is 22.5. The molecule has 0 aliphatic rings. The molecule has 3 rings (SSSR count). The average molecular weight is 442 g/mol. The van der Waals surface area contributed by atoms with Crippen molar-refractivity contribution in [3.8, 4) is 28.7 Å². The molecule has 2 aromatic heterocycles. The van der Waals surface area contributed by atoms with Crippen molar-refractivity contribution in [2.45, 2.75) is 0 Å². The van der Waals surface area contributed by atoms with Gasteiger partial charge < -0.3 is 30.0 Å². The molecule has 32 heavy (non-hydrogen) atoms. The topological polar surface area (TPSA) is 153 Å². The van der Waals surface area contributed by atoms with Crippen molar-refractivity contribution >= 4 is 12.0 Å². The number of nitrogens with zero attached hydrogens (tertiary/aromatic N) is 4. The van der Waals surface area contributed by atoms with Gasteiger partial charge in [-0.2, -0.15) is 0 Å². The Labute approximate surface area is 183 Å². The Kier molecular flexibility index (Phi) is 7.54. The number of primary amides is 1. The summed E-state index contributed by atoms with van der Waals surface area (Å²) in [7, 11) is 2.98. The molecule has 0 spiro atoms. The lowest BCUT2D eigenvalue weighted by atomic mass is 10.2. The number of nitrogens with two attached hydrogens (primary N) is 1. The van der Waals surface area contributed by atoms with Gasteiger partial charge in [0.25, 0.3) is 5.91 Å². The molecule has 0 radical (unpaired) electrons. The Morgan fingerprint density at radius 2 is 1.88 bits per heavy atom. The summed E-state index contributed by atoms with van der Waals surface area (Å²) in [6, 6.07) is 10.4. The third-order valence-electron chi connectivity index (χ3n) is 4.07. The number of carbonyl (C=O) groups is 2. The van der Waals surface area contributed by atoms with Gasteiger partial charge in [0.15, 0.2) is 5.82 Å². The molecule has 168 valence electrons. The molecule has 12 heteroatoms. The zero-order valence-electron chi connectivity index (χ0n) is 17.5. The third-order valence-corrected chi connectivity index (χ3v) is 4.07. The number of benzene rings is 1. The lowest BCUT2D eigenvalue weighted by Gasteiger charge is -2.08. The Morgan fingerprint density at radius 3 is 2.50 bits per heavy atom. The van der Waals surface area contributed by atoms with Crippen molar-refractivity contribution < 1.29 is 28.5 Å². The highest BCUT2D eigenvalue weighted by atomic mass is 16.6. The van der Waals surface area contributed by atoms with E-state index >= 15 is 0 Å². The Bertz CT molecular complexity index is 1050. The summed E-state index contributed by atoms with van der Waals surface area (Å²) in [4.78, 5) is 31.5. The molecule has 2 amide bonds. The number of hydrogen-bond acceptors (Lipinski definition) is 9. The summed E-state index contributed by atoms with van der Waals surface area (Å²) < 4.78 is 21.6. The first-order chi connectivity index (χ1) is 15.5. The van der Waals surface area contributed by atoms with Gasteiger partial charge >= 0.3 is 6.09 Å². The van der Waals surface area contributed by atoms with E-state index in [1.807, 2.05) is 0 Å². The van der Waals surface area contributed by atoms with Crippen LogP contribution in [0.2, 0.25) is 0 Å². The highest BCUT2D eigenvalue weighted by Crippen LogP contribution is 2.24. The second-order valence-corrected chi connectivity index (χ2v) is 6.21. The SMILES string of the molecule is COCNC(=O)c1nc(-c2ccc(OCCOC(N)=O)cc2)n(-c2ccc(OC)nc2)n1. The van der Waals surface area contributed by atoms with Crippen molar-refractivity contribution in [1.82, 2.24) is 25.1 Å². The molecule has 0 saturated heterocycles. The molecule has 0 fully saturated rings. The van der Waals surface area contributed by atoms with Crippen LogP contribution in [0.4, 0.5) is 4.79 Å². The monoisotopic (exact) mass is 442 g/mol. The normalized spacial score (nSPS) is 10.4. The molecule has 12 nitrogen and oxygen atoms in total. The van der Waals surface area contributed by atoms with Crippen LogP contribution in [-0.4, -0.2) is 65.9 Å². The zero-order chi connectivity index (χ0) is 22.9. The van der Waals surface area contributed by atoms with Crippen LogP contribution in [0.25, 0.3) is 17.1 Å². The standard InChI is InChI=1S/C20H22N6O6/c1-29-12-23-19(27)17-24-18(26(25-17)14-5-8-16(30-2)22-11-14)13-3-6-15(7-4-13)31-9-10-32-20(21)28/h3-8,11H,9-10,12H2,1-2H3,(H2,21,28)(H,23,27). The predicted octanol–water partition coefficient (Wildman–Crippen LogP) is 1.15. The first-order valence-electron chi connectivity index (χ1n) is 9.42. The number of amides is 2. The second kappa shape index (κ2) is 10.7. The van der Waals surface area contributed by atoms with Crippen LogP contribution in [0.1, 0.15) is 10.6 Å². The van der Waals surface area contributed by atoms with E-state index in [9.17, 15) is 9.59 Å². The molecule has 0 saturated carbocycles. The number of ether oxygens (including phenoxy) is 4. The van der Waals surface area contributed by atoms with E-state index in [4.69, 9.17) is 19.9 Å². The minimum absolute atomic E-state index is 0.0261. The fraction of sp³-hybridized carbons (Fsp3) is 0.250. The smallest absolute Gasteiger partial charge is 0.404 e. The molecular weight excluding hydrogens is 420 g/mol. The molecule has 1 aromatic carbocycles. The van der Waals surface area contributed by atoms with Gasteiger partial charge in [-0.05, 0) is 30.3 Å². The predicted molar refractivity (Wildman–Crippen MR) is 112 cm³/mol. The minimum Gasteiger partial charge on any atom is -0.490 e. The van der Waals surface area contributed by atoms with Crippen LogP contribution < -0.4 is 20.5 Å². The van der Waals surface area contributed by atoms with E-state index in [1.165, 1.54) is 18.9 Å². The molecule has 0 aliphatic heterocycles. The van der Waals surface area contributed by atoms with Crippen molar-refractivity contribution in [2.24, 2.45) is 5.73 Å². The van der Waals surface area contributed by atoms with Crippen LogP contribution in [0, 0.1) is 0 Å². The molecule has 0 bridgehead atoms. The van der Waals surface area contributed by atoms with Gasteiger partial charge in [-0.1, -0.05) is 0 Å². The maximum atomic E-state index is 12.4. The van der Waals surface area contributed by atoms with Crippen molar-refractivity contribution in [2.75, 3.05) is 34.2 Å². The van der Waals surface area contributed by atoms with E-state index in [2.05, 4.69) is 25.1 Å². The van der Waals surface area contributed by atoms with Gasteiger partial charge in [0, 0.05) is 18.7 Å². The van der Waals surface area contributed by atoms with E-state index in [0.29, 0.717) is 28.7 Å². The highest BCUT2D eigenvalue weighted by Gasteiger charge is 2.19. The fourth-order valence-corrected chi connectivity index (χ4v) is 2.61. The largest absolute Gasteiger partial charge is 0.490 e. The number of rotatable bonds is 10. The van der Waals surface area contributed by atoms with Crippen LogP contribution in [0.15, 0.2) is 42.6 Å². The molecule has 3 aromatic rings. The van der Waals surface area contributed by atoms with E-state index in [0.717, 1.165) is 0 Å². The quantitative estimate of drug-likeness (QED) is 0.348. The minimum atomic E-state index is -0.860. The summed E-state index contributed by atoms with van der Waals surface area (Å²) in [6.07, 6.45) is 0.700. The number of aromatic nitrogens is 4.